The number of halogens is 1. The highest BCUT2D eigenvalue weighted by Gasteiger charge is 2.37. The molecule has 1 aliphatic rings. The fraction of sp³-hybridized carbons (Fsp3) is 0.385. The zero-order valence-corrected chi connectivity index (χ0v) is 12.5. The Morgan fingerprint density at radius 2 is 2.05 bits per heavy atom. The SMILES string of the molecule is CC(C(=O)O)C1CN(C(=O)c2ccc(I)c(O)c2)C1. The first-order valence-corrected chi connectivity index (χ1v) is 6.98. The largest absolute Gasteiger partial charge is 0.507 e. The molecule has 1 aliphatic heterocycles. The molecule has 0 spiro atoms. The number of hydrogen-bond acceptors (Lipinski definition) is 3. The van der Waals surface area contributed by atoms with Gasteiger partial charge in [-0.3, -0.25) is 9.59 Å². The summed E-state index contributed by atoms with van der Waals surface area (Å²) in [5.41, 5.74) is 0.430. The van der Waals surface area contributed by atoms with Crippen molar-refractivity contribution in [3.63, 3.8) is 0 Å². The topological polar surface area (TPSA) is 77.8 Å². The molecule has 5 nitrogen and oxygen atoms in total. The van der Waals surface area contributed by atoms with Crippen LogP contribution in [0.1, 0.15) is 17.3 Å². The number of carbonyl (C=O) groups is 2. The lowest BCUT2D eigenvalue weighted by Gasteiger charge is -2.41. The minimum atomic E-state index is -0.830. The van der Waals surface area contributed by atoms with Crippen LogP contribution in [0, 0.1) is 15.4 Å². The number of rotatable bonds is 3. The van der Waals surface area contributed by atoms with Crippen molar-refractivity contribution in [2.24, 2.45) is 11.8 Å². The van der Waals surface area contributed by atoms with Gasteiger partial charge in [0.1, 0.15) is 5.75 Å². The smallest absolute Gasteiger partial charge is 0.306 e. The predicted octanol–water partition coefficient (Wildman–Crippen LogP) is 1.79. The van der Waals surface area contributed by atoms with Crippen LogP contribution in [-0.2, 0) is 4.79 Å². The predicted molar refractivity (Wildman–Crippen MR) is 77.0 cm³/mol. The van der Waals surface area contributed by atoms with E-state index in [1.165, 1.54) is 6.07 Å². The summed E-state index contributed by atoms with van der Waals surface area (Å²) in [6.07, 6.45) is 0. The van der Waals surface area contributed by atoms with E-state index in [0.29, 0.717) is 22.2 Å². The molecular weight excluding hydrogens is 361 g/mol. The highest BCUT2D eigenvalue weighted by molar-refractivity contribution is 14.1. The molecule has 1 amide bonds. The number of likely N-dealkylation sites (tertiary alicyclic amines) is 1. The van der Waals surface area contributed by atoms with E-state index in [9.17, 15) is 14.7 Å². The van der Waals surface area contributed by atoms with E-state index in [1.54, 1.807) is 24.0 Å². The van der Waals surface area contributed by atoms with Crippen LogP contribution in [0.25, 0.3) is 0 Å². The first kappa shape index (κ1) is 14.1. The third-order valence-electron chi connectivity index (χ3n) is 3.49. The van der Waals surface area contributed by atoms with Gasteiger partial charge < -0.3 is 15.1 Å². The minimum Gasteiger partial charge on any atom is -0.507 e. The van der Waals surface area contributed by atoms with Crippen LogP contribution < -0.4 is 0 Å². The molecule has 0 radical (unpaired) electrons. The lowest BCUT2D eigenvalue weighted by atomic mass is 9.86. The van der Waals surface area contributed by atoms with Gasteiger partial charge in [0.2, 0.25) is 0 Å². The average Bonchev–Trinajstić information content (AvgIpc) is 2.30. The van der Waals surface area contributed by atoms with Crippen LogP contribution >= 0.6 is 22.6 Å². The molecule has 0 saturated carbocycles. The first-order valence-electron chi connectivity index (χ1n) is 5.90. The number of hydrogen-bond donors (Lipinski definition) is 2. The Morgan fingerprint density at radius 3 is 2.58 bits per heavy atom. The summed E-state index contributed by atoms with van der Waals surface area (Å²) < 4.78 is 0.690. The van der Waals surface area contributed by atoms with Gasteiger partial charge in [-0.05, 0) is 40.8 Å². The number of phenolic OH excluding ortho intramolecular Hbond substituents is 1. The lowest BCUT2D eigenvalue weighted by Crippen LogP contribution is -2.53. The number of aromatic hydroxyl groups is 1. The first-order chi connectivity index (χ1) is 8.90. The van der Waals surface area contributed by atoms with Gasteiger partial charge in [0.05, 0.1) is 9.49 Å². The van der Waals surface area contributed by atoms with Crippen LogP contribution in [0.3, 0.4) is 0 Å². The highest BCUT2D eigenvalue weighted by Crippen LogP contribution is 2.27. The Morgan fingerprint density at radius 1 is 1.42 bits per heavy atom. The Hall–Kier alpha value is -1.31. The summed E-state index contributed by atoms with van der Waals surface area (Å²) in [6.45, 7) is 2.57. The third kappa shape index (κ3) is 2.83. The molecule has 0 bridgehead atoms. The van der Waals surface area contributed by atoms with Gasteiger partial charge in [-0.2, -0.15) is 0 Å². The van der Waals surface area contributed by atoms with Crippen molar-refractivity contribution < 1.29 is 19.8 Å². The number of benzene rings is 1. The van der Waals surface area contributed by atoms with Crippen molar-refractivity contribution in [1.82, 2.24) is 4.90 Å². The fourth-order valence-corrected chi connectivity index (χ4v) is 2.36. The van der Waals surface area contributed by atoms with Gasteiger partial charge in [-0.1, -0.05) is 6.92 Å². The standard InChI is InChI=1S/C13H14INO4/c1-7(13(18)19)9-5-15(6-9)12(17)8-2-3-10(14)11(16)4-8/h2-4,7,9,16H,5-6H2,1H3,(H,18,19). The lowest BCUT2D eigenvalue weighted by molar-refractivity contribution is -0.144. The average molecular weight is 375 g/mol. The van der Waals surface area contributed by atoms with Crippen LogP contribution in [0.4, 0.5) is 0 Å². The van der Waals surface area contributed by atoms with Gasteiger partial charge in [0.25, 0.3) is 5.91 Å². The number of aliphatic carboxylic acids is 1. The number of carboxylic acid groups (broad SMARTS) is 1. The van der Waals surface area contributed by atoms with Crippen LogP contribution in [0.2, 0.25) is 0 Å². The Bertz CT molecular complexity index is 525. The van der Waals surface area contributed by atoms with Crippen molar-refractivity contribution in [2.75, 3.05) is 13.1 Å². The zero-order valence-electron chi connectivity index (χ0n) is 10.3. The molecule has 1 aromatic rings. The number of carboxylic acids is 1. The van der Waals surface area contributed by atoms with E-state index < -0.39 is 11.9 Å². The summed E-state index contributed by atoms with van der Waals surface area (Å²) in [5, 5.41) is 18.5. The van der Waals surface area contributed by atoms with E-state index in [4.69, 9.17) is 5.11 Å². The molecule has 6 heteroatoms. The molecule has 102 valence electrons. The van der Waals surface area contributed by atoms with E-state index >= 15 is 0 Å². The van der Waals surface area contributed by atoms with E-state index in [0.717, 1.165) is 0 Å². The van der Waals surface area contributed by atoms with Crippen molar-refractivity contribution in [1.29, 1.82) is 0 Å². The Balaban J connectivity index is 2.00. The van der Waals surface area contributed by atoms with Crippen LogP contribution in [-0.4, -0.2) is 40.1 Å². The number of carbonyl (C=O) groups excluding carboxylic acids is 1. The summed E-state index contributed by atoms with van der Waals surface area (Å²) in [7, 11) is 0. The highest BCUT2D eigenvalue weighted by atomic mass is 127. The normalized spacial score (nSPS) is 16.8. The second kappa shape index (κ2) is 5.36. The van der Waals surface area contributed by atoms with Gasteiger partial charge in [0, 0.05) is 24.6 Å². The third-order valence-corrected chi connectivity index (χ3v) is 4.40. The van der Waals surface area contributed by atoms with Crippen molar-refractivity contribution in [2.45, 2.75) is 6.92 Å². The summed E-state index contributed by atoms with van der Waals surface area (Å²) in [4.78, 5) is 24.5. The summed E-state index contributed by atoms with van der Waals surface area (Å²) >= 11 is 1.98. The van der Waals surface area contributed by atoms with E-state index in [2.05, 4.69) is 0 Å². The van der Waals surface area contributed by atoms with Crippen LogP contribution in [0.15, 0.2) is 18.2 Å². The zero-order chi connectivity index (χ0) is 14.2. The molecule has 1 unspecified atom stereocenters. The van der Waals surface area contributed by atoms with Crippen LogP contribution in [0.5, 0.6) is 5.75 Å². The fourth-order valence-electron chi connectivity index (χ4n) is 2.02. The van der Waals surface area contributed by atoms with E-state index in [-0.39, 0.29) is 17.6 Å². The molecule has 1 heterocycles. The maximum Gasteiger partial charge on any atom is 0.306 e. The van der Waals surface area contributed by atoms with Gasteiger partial charge in [0.15, 0.2) is 0 Å². The molecule has 1 aromatic carbocycles. The minimum absolute atomic E-state index is 0.0129. The molecular formula is C13H14INO4. The molecule has 1 saturated heterocycles. The monoisotopic (exact) mass is 375 g/mol. The molecule has 1 atom stereocenters. The van der Waals surface area contributed by atoms with Crippen molar-refractivity contribution >= 4 is 34.5 Å². The second-order valence-electron chi connectivity index (χ2n) is 4.76. The van der Waals surface area contributed by atoms with Crippen molar-refractivity contribution in [3.8, 4) is 5.75 Å². The molecule has 0 aliphatic carbocycles. The van der Waals surface area contributed by atoms with Crippen molar-refractivity contribution in [3.05, 3.63) is 27.3 Å². The molecule has 2 N–H and O–H groups in total. The maximum atomic E-state index is 12.1. The summed E-state index contributed by atoms with van der Waals surface area (Å²) in [5.74, 6) is -1.33. The second-order valence-corrected chi connectivity index (χ2v) is 5.93. The van der Waals surface area contributed by atoms with E-state index in [1.807, 2.05) is 22.6 Å². The molecule has 0 aromatic heterocycles. The quantitative estimate of drug-likeness (QED) is 0.790. The van der Waals surface area contributed by atoms with Gasteiger partial charge >= 0.3 is 5.97 Å². The molecule has 2 rings (SSSR count). The van der Waals surface area contributed by atoms with Gasteiger partial charge in [-0.25, -0.2) is 0 Å². The number of phenols is 1. The summed E-state index contributed by atoms with van der Waals surface area (Å²) in [6, 6.07) is 4.79. The maximum absolute atomic E-state index is 12.1. The molecule has 19 heavy (non-hydrogen) atoms. The molecule has 1 fully saturated rings. The Kier molecular flexibility index (Phi) is 3.98. The number of amides is 1. The van der Waals surface area contributed by atoms with Gasteiger partial charge in [-0.15, -0.1) is 0 Å². The number of nitrogens with zero attached hydrogens (tertiary/aromatic N) is 1. The Labute approximate surface area is 124 Å².